The topological polar surface area (TPSA) is 54.5 Å². The second kappa shape index (κ2) is 11.9. The van der Waals surface area contributed by atoms with Gasteiger partial charge in [0.25, 0.3) is 0 Å². The Hall–Kier alpha value is -6.91. The Morgan fingerprint density at radius 3 is 1.61 bits per heavy atom. The van der Waals surface area contributed by atoms with Gasteiger partial charge in [-0.1, -0.05) is 146 Å². The van der Waals surface area contributed by atoms with E-state index < -0.39 is 0 Å². The Balaban J connectivity index is 1.30. The van der Waals surface area contributed by atoms with E-state index >= 15 is 0 Å². The Morgan fingerprint density at radius 2 is 0.922 bits per heavy atom. The molecule has 0 fully saturated rings. The number of nitrogens with one attached hydrogen (secondary N) is 1. The summed E-state index contributed by atoms with van der Waals surface area (Å²) in [6, 6.07) is 58.7. The molecule has 0 aliphatic rings. The number of hydrogen-bond acceptors (Lipinski definition) is 3. The third kappa shape index (κ3) is 4.72. The molecule has 0 aliphatic carbocycles. The predicted octanol–water partition coefficient (Wildman–Crippen LogP) is 12.1. The zero-order valence-electron chi connectivity index (χ0n) is 27.6. The van der Waals surface area contributed by atoms with Crippen LogP contribution in [0.4, 0.5) is 0 Å². The molecule has 0 saturated heterocycles. The Labute approximate surface area is 294 Å². The van der Waals surface area contributed by atoms with Crippen LogP contribution in [0.5, 0.6) is 0 Å². The van der Waals surface area contributed by atoms with E-state index in [1.807, 2.05) is 18.5 Å². The van der Waals surface area contributed by atoms with E-state index in [9.17, 15) is 0 Å². The molecule has 8 aromatic carbocycles. The number of pyridine rings is 1. The second-order valence-corrected chi connectivity index (χ2v) is 12.9. The first kappa shape index (κ1) is 29.0. The van der Waals surface area contributed by atoms with Crippen molar-refractivity contribution in [1.82, 2.24) is 20.4 Å². The molecule has 0 radical (unpaired) electrons. The monoisotopic (exact) mass is 650 g/mol. The first-order valence-corrected chi connectivity index (χ1v) is 17.2. The lowest BCUT2D eigenvalue weighted by Crippen LogP contribution is -1.93. The molecule has 0 amide bonds. The number of benzene rings is 8. The molecule has 1 N–H and O–H groups in total. The van der Waals surface area contributed by atoms with Gasteiger partial charge in [-0.25, -0.2) is 0 Å². The van der Waals surface area contributed by atoms with Gasteiger partial charge in [-0.2, -0.15) is 15.4 Å². The van der Waals surface area contributed by atoms with Crippen LogP contribution >= 0.6 is 0 Å². The van der Waals surface area contributed by atoms with Crippen LogP contribution in [0.15, 0.2) is 176 Å². The maximum absolute atomic E-state index is 4.76. The molecular formula is C47H30N4. The summed E-state index contributed by atoms with van der Waals surface area (Å²) in [4.78, 5) is 4.41. The average Bonchev–Trinajstić information content (AvgIpc) is 3.69. The molecule has 4 nitrogen and oxygen atoms in total. The first-order chi connectivity index (χ1) is 25.3. The van der Waals surface area contributed by atoms with Gasteiger partial charge in [-0.3, -0.25) is 4.98 Å². The van der Waals surface area contributed by atoms with Crippen molar-refractivity contribution in [3.8, 4) is 55.6 Å². The van der Waals surface area contributed by atoms with Crippen LogP contribution in [0.25, 0.3) is 99.0 Å². The molecule has 2 heterocycles. The normalized spacial score (nSPS) is 11.5. The molecule has 0 aliphatic heterocycles. The number of H-pyrrole nitrogens is 1. The molecule has 0 atom stereocenters. The van der Waals surface area contributed by atoms with Crippen molar-refractivity contribution in [3.05, 3.63) is 176 Å². The van der Waals surface area contributed by atoms with Crippen molar-refractivity contribution in [1.29, 1.82) is 0 Å². The van der Waals surface area contributed by atoms with Gasteiger partial charge in [0, 0.05) is 23.5 Å². The highest BCUT2D eigenvalue weighted by molar-refractivity contribution is 6.22. The molecule has 10 aromatic rings. The minimum Gasteiger partial charge on any atom is -0.264 e. The lowest BCUT2D eigenvalue weighted by atomic mass is 9.83. The van der Waals surface area contributed by atoms with Crippen LogP contribution in [-0.4, -0.2) is 20.4 Å². The van der Waals surface area contributed by atoms with E-state index in [1.54, 1.807) is 0 Å². The van der Waals surface area contributed by atoms with Crippen LogP contribution in [0.1, 0.15) is 0 Å². The zero-order chi connectivity index (χ0) is 33.7. The van der Waals surface area contributed by atoms with Crippen LogP contribution in [0.3, 0.4) is 0 Å². The Morgan fingerprint density at radius 1 is 0.353 bits per heavy atom. The second-order valence-electron chi connectivity index (χ2n) is 12.9. The van der Waals surface area contributed by atoms with Crippen molar-refractivity contribution in [2.24, 2.45) is 0 Å². The third-order valence-electron chi connectivity index (χ3n) is 10.1. The van der Waals surface area contributed by atoms with E-state index in [0.29, 0.717) is 0 Å². The largest absolute Gasteiger partial charge is 0.264 e. The molecule has 0 spiro atoms. The molecular weight excluding hydrogens is 621 g/mol. The molecule has 0 unspecified atom stereocenters. The molecule has 4 heteroatoms. The predicted molar refractivity (Wildman–Crippen MR) is 211 cm³/mol. The van der Waals surface area contributed by atoms with E-state index in [0.717, 1.165) is 44.4 Å². The highest BCUT2D eigenvalue weighted by Gasteiger charge is 2.21. The lowest BCUT2D eigenvalue weighted by molar-refractivity contribution is 0.959. The van der Waals surface area contributed by atoms with Gasteiger partial charge in [0.2, 0.25) is 0 Å². The summed E-state index contributed by atoms with van der Waals surface area (Å²) in [7, 11) is 0. The van der Waals surface area contributed by atoms with E-state index in [1.165, 1.54) is 54.6 Å². The van der Waals surface area contributed by atoms with Gasteiger partial charge in [-0.05, 0) is 95.0 Å². The van der Waals surface area contributed by atoms with Crippen molar-refractivity contribution in [3.63, 3.8) is 0 Å². The highest BCUT2D eigenvalue weighted by Crippen LogP contribution is 2.47. The summed E-state index contributed by atoms with van der Waals surface area (Å²) in [5, 5.41) is 19.4. The number of aromatic amines is 1. The Bertz CT molecular complexity index is 2900. The fourth-order valence-corrected chi connectivity index (χ4v) is 7.90. The smallest absolute Gasteiger partial charge is 0.121 e. The summed E-state index contributed by atoms with van der Waals surface area (Å²) >= 11 is 0. The summed E-state index contributed by atoms with van der Waals surface area (Å²) in [6.45, 7) is 0. The summed E-state index contributed by atoms with van der Waals surface area (Å²) in [5.41, 5.74) is 13.2. The highest BCUT2D eigenvalue weighted by atomic mass is 15.3. The zero-order valence-corrected chi connectivity index (χ0v) is 27.6. The van der Waals surface area contributed by atoms with E-state index in [2.05, 4.69) is 173 Å². The number of hydrogen-bond donors (Lipinski definition) is 1. The maximum Gasteiger partial charge on any atom is 0.121 e. The molecule has 238 valence electrons. The number of fused-ring (bicyclic) bond motifs is 4. The molecule has 51 heavy (non-hydrogen) atoms. The molecule has 0 bridgehead atoms. The fourth-order valence-electron chi connectivity index (χ4n) is 7.90. The molecule has 2 aromatic heterocycles. The third-order valence-corrected chi connectivity index (χ3v) is 10.1. The van der Waals surface area contributed by atoms with Crippen LogP contribution < -0.4 is 0 Å². The number of aromatic nitrogens is 4. The molecule has 10 rings (SSSR count). The number of nitrogens with zero attached hydrogens (tertiary/aromatic N) is 3. The van der Waals surface area contributed by atoms with Gasteiger partial charge in [0.05, 0.1) is 0 Å². The fraction of sp³-hybridized carbons (Fsp3) is 0. The Kier molecular flexibility index (Phi) is 6.78. The van der Waals surface area contributed by atoms with Crippen molar-refractivity contribution in [2.75, 3.05) is 0 Å². The van der Waals surface area contributed by atoms with Gasteiger partial charge in [-0.15, -0.1) is 0 Å². The van der Waals surface area contributed by atoms with Crippen LogP contribution in [0, 0.1) is 0 Å². The summed E-state index contributed by atoms with van der Waals surface area (Å²) < 4.78 is 0. The summed E-state index contributed by atoms with van der Waals surface area (Å²) in [5.74, 6) is 0. The minimum absolute atomic E-state index is 0.830. The maximum atomic E-state index is 4.76. The van der Waals surface area contributed by atoms with E-state index in [4.69, 9.17) is 5.10 Å². The lowest BCUT2D eigenvalue weighted by Gasteiger charge is -2.20. The summed E-state index contributed by atoms with van der Waals surface area (Å²) in [6.07, 6.45) is 3.75. The minimum atomic E-state index is 0.830. The van der Waals surface area contributed by atoms with Crippen molar-refractivity contribution < 1.29 is 0 Å². The van der Waals surface area contributed by atoms with E-state index in [-0.39, 0.29) is 0 Å². The number of rotatable bonds is 5. The van der Waals surface area contributed by atoms with Gasteiger partial charge in [0.1, 0.15) is 11.0 Å². The van der Waals surface area contributed by atoms with Gasteiger partial charge < -0.3 is 0 Å². The van der Waals surface area contributed by atoms with Crippen LogP contribution in [0.2, 0.25) is 0 Å². The van der Waals surface area contributed by atoms with Gasteiger partial charge >= 0.3 is 0 Å². The molecule has 0 saturated carbocycles. The quantitative estimate of drug-likeness (QED) is 0.189. The first-order valence-electron chi connectivity index (χ1n) is 17.2. The standard InChI is InChI=1S/C47H30N4/c1-3-12-30(13-4-1)44-38-19-9-10-20-39(38)45(31-14-5-2-6-15-31)42-28-32(21-22-41(42)44)46-40(25-26-43-47(46)50-51-49-43)37-24-23-34(33-16-11-27-48-29-33)35-17-7-8-18-36(35)37/h1-29H,(H,49,50,51). The SMILES string of the molecule is c1ccc(-c2c3ccccc3c(-c3ccccc3)c3cc(-c4c(-c5ccc(-c6cccnc6)c6ccccc56)ccc5n[nH]nc45)ccc23)cc1. The van der Waals surface area contributed by atoms with Crippen molar-refractivity contribution in [2.45, 2.75) is 0 Å². The van der Waals surface area contributed by atoms with Gasteiger partial charge in [0.15, 0.2) is 0 Å². The van der Waals surface area contributed by atoms with Crippen LogP contribution in [-0.2, 0) is 0 Å². The average molecular weight is 651 g/mol. The van der Waals surface area contributed by atoms with Crippen molar-refractivity contribution >= 4 is 43.4 Å².